The summed E-state index contributed by atoms with van der Waals surface area (Å²) in [5, 5.41) is 2.10. The van der Waals surface area contributed by atoms with Crippen molar-refractivity contribution in [1.29, 1.82) is 0 Å². The summed E-state index contributed by atoms with van der Waals surface area (Å²) in [5.74, 6) is 1.52. The van der Waals surface area contributed by atoms with E-state index in [1.54, 1.807) is 14.2 Å². The fraction of sp³-hybridized carbons (Fsp3) is 0.400. The molecule has 0 aliphatic heterocycles. The average molecular weight is 261 g/mol. The Morgan fingerprint density at radius 3 is 2.29 bits per heavy atom. The van der Waals surface area contributed by atoms with Crippen LogP contribution in [0.1, 0.15) is 5.56 Å². The first-order chi connectivity index (χ1) is 6.72. The summed E-state index contributed by atoms with van der Waals surface area (Å²) < 4.78 is 11.5. The van der Waals surface area contributed by atoms with Gasteiger partial charge in [-0.2, -0.15) is 0 Å². The highest BCUT2D eigenvalue weighted by Crippen LogP contribution is 2.32. The van der Waals surface area contributed by atoms with Crippen LogP contribution in [0.3, 0.4) is 0 Å². The van der Waals surface area contributed by atoms with Gasteiger partial charge in [-0.1, -0.05) is 15.9 Å². The van der Waals surface area contributed by atoms with Crippen molar-refractivity contribution in [3.8, 4) is 11.5 Å². The third-order valence-electron chi connectivity index (χ3n) is 1.98. The molecule has 1 aromatic rings. The van der Waals surface area contributed by atoms with Crippen LogP contribution in [0.5, 0.6) is 11.5 Å². The van der Waals surface area contributed by atoms with Gasteiger partial charge in [0.25, 0.3) is 0 Å². The van der Waals surface area contributed by atoms with Crippen LogP contribution in [0, 0.1) is 0 Å². The molecule has 0 aromatic heterocycles. The average Bonchev–Trinajstić information content (AvgIpc) is 2.20. The van der Waals surface area contributed by atoms with E-state index < -0.39 is 0 Å². The lowest BCUT2D eigenvalue weighted by atomic mass is 10.2. The maximum atomic E-state index is 5.22. The van der Waals surface area contributed by atoms with E-state index in [1.165, 1.54) is 5.56 Å². The molecule has 0 spiro atoms. The Labute approximate surface area is 92.5 Å². The highest BCUT2D eigenvalue weighted by atomic mass is 79.9. The summed E-state index contributed by atoms with van der Waals surface area (Å²) in [6.45, 7) is 0.918. The fourth-order valence-corrected chi connectivity index (χ4v) is 1.76. The number of hydrogen-bond donors (Lipinski definition) is 1. The molecule has 1 rings (SSSR count). The number of hydrogen-bond acceptors (Lipinski definition) is 2. The van der Waals surface area contributed by atoms with Crippen molar-refractivity contribution in [2.45, 2.75) is 6.54 Å². The van der Waals surface area contributed by atoms with Crippen LogP contribution in [0.15, 0.2) is 16.6 Å². The molecule has 4 heteroatoms. The molecule has 0 saturated heterocycles. The van der Waals surface area contributed by atoms with Gasteiger partial charge in [0.1, 0.15) is 6.54 Å². The predicted molar refractivity (Wildman–Crippen MR) is 58.8 cm³/mol. The van der Waals surface area contributed by atoms with Gasteiger partial charge < -0.3 is 14.8 Å². The summed E-state index contributed by atoms with van der Waals surface area (Å²) in [4.78, 5) is 0. The van der Waals surface area contributed by atoms with Crippen LogP contribution in [-0.2, 0) is 6.54 Å². The monoisotopic (exact) mass is 260 g/mol. The molecule has 0 unspecified atom stereocenters. The van der Waals surface area contributed by atoms with Crippen LogP contribution in [0.4, 0.5) is 0 Å². The minimum Gasteiger partial charge on any atom is -0.493 e. The molecule has 0 fully saturated rings. The molecule has 0 heterocycles. The molecule has 0 amide bonds. The third-order valence-corrected chi connectivity index (χ3v) is 2.71. The minimum absolute atomic E-state index is 0.749. The Morgan fingerprint density at radius 2 is 1.79 bits per heavy atom. The predicted octanol–water partition coefficient (Wildman–Crippen LogP) is 1.16. The van der Waals surface area contributed by atoms with Gasteiger partial charge in [0, 0.05) is 10.0 Å². The number of methoxy groups -OCH3 is 2. The van der Waals surface area contributed by atoms with Crippen LogP contribution < -0.4 is 14.8 Å². The van der Waals surface area contributed by atoms with E-state index in [1.807, 2.05) is 19.2 Å². The number of benzene rings is 1. The number of ether oxygens (including phenoxy) is 2. The largest absolute Gasteiger partial charge is 0.493 e. The fourth-order valence-electron chi connectivity index (χ4n) is 1.27. The second kappa shape index (κ2) is 5.22. The topological polar surface area (TPSA) is 35.1 Å². The van der Waals surface area contributed by atoms with E-state index in [0.717, 1.165) is 22.5 Å². The van der Waals surface area contributed by atoms with E-state index in [4.69, 9.17) is 9.47 Å². The molecule has 0 saturated carbocycles. The van der Waals surface area contributed by atoms with Crippen molar-refractivity contribution >= 4 is 15.9 Å². The summed E-state index contributed by atoms with van der Waals surface area (Å²) in [7, 11) is 5.31. The molecule has 0 atom stereocenters. The van der Waals surface area contributed by atoms with Crippen LogP contribution in [0.2, 0.25) is 0 Å². The molecule has 1 aromatic carbocycles. The second-order valence-electron chi connectivity index (χ2n) is 2.91. The normalized spacial score (nSPS) is 10.0. The molecule has 78 valence electrons. The Balaban J connectivity index is 3.09. The van der Waals surface area contributed by atoms with Gasteiger partial charge >= 0.3 is 0 Å². The number of halogens is 1. The third kappa shape index (κ3) is 2.39. The zero-order chi connectivity index (χ0) is 10.6. The van der Waals surface area contributed by atoms with Crippen molar-refractivity contribution in [2.75, 3.05) is 21.3 Å². The maximum absolute atomic E-state index is 5.22. The van der Waals surface area contributed by atoms with E-state index in [0.29, 0.717) is 0 Å². The first kappa shape index (κ1) is 11.3. The summed E-state index contributed by atoms with van der Waals surface area (Å²) in [6.07, 6.45) is 0. The molecule has 14 heavy (non-hydrogen) atoms. The molecule has 3 nitrogen and oxygen atoms in total. The zero-order valence-corrected chi connectivity index (χ0v) is 10.2. The minimum atomic E-state index is 0.749. The molecule has 0 radical (unpaired) electrons. The Hall–Kier alpha value is -0.740. The molecular weight excluding hydrogens is 246 g/mol. The Kier molecular flexibility index (Phi) is 4.22. The van der Waals surface area contributed by atoms with E-state index in [2.05, 4.69) is 21.2 Å². The number of nitrogens with two attached hydrogens (primary N) is 1. The highest BCUT2D eigenvalue weighted by Gasteiger charge is 2.09. The van der Waals surface area contributed by atoms with Gasteiger partial charge in [-0.15, -0.1) is 0 Å². The standard InChI is InChI=1S/C10H14BrNO2/c1-12-6-7-4-9(13-2)10(14-3)5-8(7)11/h4-5,12H,6H2,1-3H3/p+1. The van der Waals surface area contributed by atoms with Crippen molar-refractivity contribution in [2.24, 2.45) is 0 Å². The Morgan fingerprint density at radius 1 is 1.21 bits per heavy atom. The van der Waals surface area contributed by atoms with Crippen molar-refractivity contribution in [1.82, 2.24) is 0 Å². The smallest absolute Gasteiger partial charge is 0.161 e. The van der Waals surface area contributed by atoms with Crippen molar-refractivity contribution < 1.29 is 14.8 Å². The zero-order valence-electron chi connectivity index (χ0n) is 8.63. The van der Waals surface area contributed by atoms with E-state index in [-0.39, 0.29) is 0 Å². The van der Waals surface area contributed by atoms with Crippen molar-refractivity contribution in [3.05, 3.63) is 22.2 Å². The van der Waals surface area contributed by atoms with Crippen LogP contribution in [0.25, 0.3) is 0 Å². The van der Waals surface area contributed by atoms with E-state index in [9.17, 15) is 0 Å². The molecule has 0 bridgehead atoms. The molecular formula is C10H15BrNO2+. The summed E-state index contributed by atoms with van der Waals surface area (Å²) in [5.41, 5.74) is 1.20. The van der Waals surface area contributed by atoms with Gasteiger partial charge in [0.05, 0.1) is 21.3 Å². The van der Waals surface area contributed by atoms with Crippen LogP contribution in [-0.4, -0.2) is 21.3 Å². The number of rotatable bonds is 4. The van der Waals surface area contributed by atoms with Gasteiger partial charge in [0.2, 0.25) is 0 Å². The lowest BCUT2D eigenvalue weighted by Gasteiger charge is -2.10. The SMILES string of the molecule is C[NH2+]Cc1cc(OC)c(OC)cc1Br. The van der Waals surface area contributed by atoms with Gasteiger partial charge in [0.15, 0.2) is 11.5 Å². The van der Waals surface area contributed by atoms with Crippen molar-refractivity contribution in [3.63, 3.8) is 0 Å². The Bertz CT molecular complexity index is 315. The molecule has 0 aliphatic rings. The van der Waals surface area contributed by atoms with Gasteiger partial charge in [-0.05, 0) is 12.1 Å². The maximum Gasteiger partial charge on any atom is 0.161 e. The van der Waals surface area contributed by atoms with Gasteiger partial charge in [-0.25, -0.2) is 0 Å². The lowest BCUT2D eigenvalue weighted by molar-refractivity contribution is -0.643. The first-order valence-corrected chi connectivity index (χ1v) is 5.20. The highest BCUT2D eigenvalue weighted by molar-refractivity contribution is 9.10. The quantitative estimate of drug-likeness (QED) is 0.882. The van der Waals surface area contributed by atoms with E-state index >= 15 is 0 Å². The molecule has 2 N–H and O–H groups in total. The first-order valence-electron chi connectivity index (χ1n) is 4.41. The second-order valence-corrected chi connectivity index (χ2v) is 3.77. The number of quaternary nitrogens is 1. The van der Waals surface area contributed by atoms with Crippen LogP contribution >= 0.6 is 15.9 Å². The van der Waals surface area contributed by atoms with Gasteiger partial charge in [-0.3, -0.25) is 0 Å². The molecule has 0 aliphatic carbocycles. The summed E-state index contributed by atoms with van der Waals surface area (Å²) in [6, 6.07) is 3.92. The lowest BCUT2D eigenvalue weighted by Crippen LogP contribution is -2.77. The summed E-state index contributed by atoms with van der Waals surface area (Å²) >= 11 is 3.50.